The van der Waals surface area contributed by atoms with Crippen LogP contribution in [0.15, 0.2) is 42.7 Å². The number of fused-ring (bicyclic) bond motifs is 1. The number of hydrogen-bond acceptors (Lipinski definition) is 4. The van der Waals surface area contributed by atoms with Gasteiger partial charge >= 0.3 is 0 Å². The first-order valence-electron chi connectivity index (χ1n) is 11.2. The van der Waals surface area contributed by atoms with Gasteiger partial charge in [0.1, 0.15) is 0 Å². The molecule has 156 valence electrons. The zero-order valence-corrected chi connectivity index (χ0v) is 17.4. The fourth-order valence-corrected chi connectivity index (χ4v) is 5.01. The van der Waals surface area contributed by atoms with E-state index in [2.05, 4.69) is 44.3 Å². The number of nitrogens with zero attached hydrogens (tertiary/aromatic N) is 4. The predicted octanol–water partition coefficient (Wildman–Crippen LogP) is 3.96. The molecule has 2 aromatic heterocycles. The molecule has 2 aliphatic rings. The lowest BCUT2D eigenvalue weighted by molar-refractivity contribution is 0.0721. The van der Waals surface area contributed by atoms with E-state index in [1.807, 2.05) is 17.2 Å². The summed E-state index contributed by atoms with van der Waals surface area (Å²) in [4.78, 5) is 22.1. The molecule has 4 heterocycles. The third kappa shape index (κ3) is 3.84. The predicted molar refractivity (Wildman–Crippen MR) is 117 cm³/mol. The van der Waals surface area contributed by atoms with Gasteiger partial charge in [0.15, 0.2) is 0 Å². The van der Waals surface area contributed by atoms with Crippen molar-refractivity contribution in [3.05, 3.63) is 59.5 Å². The maximum atomic E-state index is 13.1. The van der Waals surface area contributed by atoms with Crippen LogP contribution in [0, 0.1) is 0 Å². The highest BCUT2D eigenvalue weighted by Crippen LogP contribution is 2.30. The van der Waals surface area contributed by atoms with Crippen molar-refractivity contribution in [2.75, 3.05) is 26.2 Å². The summed E-state index contributed by atoms with van der Waals surface area (Å²) in [6.07, 6.45) is 9.31. The summed E-state index contributed by atoms with van der Waals surface area (Å²) in [6, 6.07) is 10.5. The second-order valence-electron chi connectivity index (χ2n) is 8.61. The molecule has 0 bridgehead atoms. The van der Waals surface area contributed by atoms with Crippen molar-refractivity contribution in [1.82, 2.24) is 25.0 Å². The molecule has 6 heteroatoms. The zero-order chi connectivity index (χ0) is 20.3. The minimum Gasteiger partial charge on any atom is -0.339 e. The van der Waals surface area contributed by atoms with Gasteiger partial charge in [-0.1, -0.05) is 18.2 Å². The van der Waals surface area contributed by atoms with Gasteiger partial charge in [0.25, 0.3) is 5.91 Å². The van der Waals surface area contributed by atoms with Crippen molar-refractivity contribution in [1.29, 1.82) is 0 Å². The molecule has 1 N–H and O–H groups in total. The number of pyridine rings is 1. The highest BCUT2D eigenvalue weighted by Gasteiger charge is 2.29. The largest absolute Gasteiger partial charge is 0.339 e. The van der Waals surface area contributed by atoms with E-state index in [-0.39, 0.29) is 5.91 Å². The Kier molecular flexibility index (Phi) is 5.49. The number of carbonyl (C=O) groups is 1. The Morgan fingerprint density at radius 3 is 2.83 bits per heavy atom. The van der Waals surface area contributed by atoms with E-state index in [0.717, 1.165) is 75.2 Å². The Hall–Kier alpha value is -2.73. The molecule has 0 radical (unpaired) electrons. The third-order valence-corrected chi connectivity index (χ3v) is 6.59. The van der Waals surface area contributed by atoms with E-state index in [1.54, 1.807) is 6.20 Å². The van der Waals surface area contributed by atoms with Gasteiger partial charge < -0.3 is 4.90 Å². The van der Waals surface area contributed by atoms with E-state index in [0.29, 0.717) is 5.92 Å². The highest BCUT2D eigenvalue weighted by molar-refractivity contribution is 5.95. The molecule has 2 saturated heterocycles. The topological polar surface area (TPSA) is 65.1 Å². The van der Waals surface area contributed by atoms with E-state index in [1.165, 1.54) is 17.4 Å². The summed E-state index contributed by atoms with van der Waals surface area (Å²) >= 11 is 0. The first-order valence-corrected chi connectivity index (χ1v) is 11.2. The molecule has 0 spiro atoms. The minimum absolute atomic E-state index is 0.149. The normalized spacial score (nSPS) is 20.5. The third-order valence-electron chi connectivity index (χ3n) is 6.59. The van der Waals surface area contributed by atoms with E-state index < -0.39 is 0 Å². The van der Waals surface area contributed by atoms with Crippen molar-refractivity contribution in [2.45, 2.75) is 44.6 Å². The summed E-state index contributed by atoms with van der Waals surface area (Å²) in [7, 11) is 0. The van der Waals surface area contributed by atoms with Crippen molar-refractivity contribution >= 4 is 16.8 Å². The van der Waals surface area contributed by atoms with Crippen LogP contribution in [0.5, 0.6) is 0 Å². The molecule has 0 saturated carbocycles. The molecular weight excluding hydrogens is 374 g/mol. The standard InChI is InChI=1S/C24H29N5O/c30-24(29-13-4-1-5-14-29)21-15-26-27-23(21)19-7-6-12-28(17-19)16-18-10-11-25-22-9-3-2-8-20(18)22/h2-3,8-11,15,19H,1,4-7,12-14,16-17H2,(H,26,27)/t19-/m0/s1. The van der Waals surface area contributed by atoms with Crippen LogP contribution in [-0.2, 0) is 6.54 Å². The van der Waals surface area contributed by atoms with Crippen molar-refractivity contribution in [3.8, 4) is 0 Å². The van der Waals surface area contributed by atoms with Crippen molar-refractivity contribution in [3.63, 3.8) is 0 Å². The van der Waals surface area contributed by atoms with Gasteiger partial charge in [-0.05, 0) is 56.3 Å². The Labute approximate surface area is 177 Å². The number of benzene rings is 1. The molecule has 0 unspecified atom stereocenters. The number of H-pyrrole nitrogens is 1. The SMILES string of the molecule is O=C(c1cn[nH]c1[C@H]1CCCN(Cc2ccnc3ccccc23)C1)N1CCCCC1. The number of carbonyl (C=O) groups excluding carboxylic acids is 1. The summed E-state index contributed by atoms with van der Waals surface area (Å²) in [5.74, 6) is 0.466. The van der Waals surface area contributed by atoms with Crippen LogP contribution < -0.4 is 0 Å². The van der Waals surface area contributed by atoms with Gasteiger partial charge in [0.05, 0.1) is 23.0 Å². The maximum absolute atomic E-state index is 13.1. The Morgan fingerprint density at radius 2 is 1.93 bits per heavy atom. The average molecular weight is 404 g/mol. The number of hydrogen-bond donors (Lipinski definition) is 1. The quantitative estimate of drug-likeness (QED) is 0.716. The van der Waals surface area contributed by atoms with Gasteiger partial charge in [0.2, 0.25) is 0 Å². The summed E-state index contributed by atoms with van der Waals surface area (Å²) in [5.41, 5.74) is 4.16. The number of likely N-dealkylation sites (tertiary alicyclic amines) is 2. The lowest BCUT2D eigenvalue weighted by atomic mass is 9.91. The summed E-state index contributed by atoms with van der Waals surface area (Å²) in [6.45, 7) is 4.67. The first-order chi connectivity index (χ1) is 14.8. The second kappa shape index (κ2) is 8.56. The second-order valence-corrected chi connectivity index (χ2v) is 8.61. The summed E-state index contributed by atoms with van der Waals surface area (Å²) < 4.78 is 0. The van der Waals surface area contributed by atoms with E-state index in [4.69, 9.17) is 0 Å². The van der Waals surface area contributed by atoms with Crippen LogP contribution >= 0.6 is 0 Å². The van der Waals surface area contributed by atoms with Crippen LogP contribution in [0.2, 0.25) is 0 Å². The average Bonchev–Trinajstić information content (AvgIpc) is 3.30. The fraction of sp³-hybridized carbons (Fsp3) is 0.458. The van der Waals surface area contributed by atoms with Crippen LogP contribution in [0.4, 0.5) is 0 Å². The van der Waals surface area contributed by atoms with Crippen LogP contribution in [0.1, 0.15) is 59.6 Å². The number of para-hydroxylation sites is 1. The van der Waals surface area contributed by atoms with Gasteiger partial charge in [-0.15, -0.1) is 0 Å². The van der Waals surface area contributed by atoms with E-state index in [9.17, 15) is 4.79 Å². The molecule has 3 aromatic rings. The van der Waals surface area contributed by atoms with Crippen LogP contribution in [0.3, 0.4) is 0 Å². The first kappa shape index (κ1) is 19.2. The molecule has 6 nitrogen and oxygen atoms in total. The lowest BCUT2D eigenvalue weighted by Gasteiger charge is -2.33. The monoisotopic (exact) mass is 403 g/mol. The number of aromatic amines is 1. The van der Waals surface area contributed by atoms with E-state index >= 15 is 0 Å². The van der Waals surface area contributed by atoms with Crippen molar-refractivity contribution < 1.29 is 4.79 Å². The molecule has 30 heavy (non-hydrogen) atoms. The number of aromatic nitrogens is 3. The van der Waals surface area contributed by atoms with Crippen molar-refractivity contribution in [2.24, 2.45) is 0 Å². The van der Waals surface area contributed by atoms with Gasteiger partial charge in [-0.2, -0.15) is 5.10 Å². The number of piperidine rings is 2. The zero-order valence-electron chi connectivity index (χ0n) is 17.4. The number of amides is 1. The number of nitrogens with one attached hydrogen (secondary N) is 1. The molecule has 5 rings (SSSR count). The smallest absolute Gasteiger partial charge is 0.257 e. The highest BCUT2D eigenvalue weighted by atomic mass is 16.2. The minimum atomic E-state index is 0.149. The molecule has 2 aliphatic heterocycles. The Morgan fingerprint density at radius 1 is 1.07 bits per heavy atom. The lowest BCUT2D eigenvalue weighted by Crippen LogP contribution is -2.37. The Bertz CT molecular complexity index is 1020. The summed E-state index contributed by atoms with van der Waals surface area (Å²) in [5, 5.41) is 8.67. The number of rotatable bonds is 4. The van der Waals surface area contributed by atoms with Gasteiger partial charge in [-0.25, -0.2) is 0 Å². The fourth-order valence-electron chi connectivity index (χ4n) is 5.01. The molecular formula is C24H29N5O. The molecule has 1 aromatic carbocycles. The van der Waals surface area contributed by atoms with Crippen LogP contribution in [0.25, 0.3) is 10.9 Å². The van der Waals surface area contributed by atoms with Gasteiger partial charge in [0, 0.05) is 43.7 Å². The maximum Gasteiger partial charge on any atom is 0.257 e. The molecule has 2 fully saturated rings. The molecule has 1 atom stereocenters. The van der Waals surface area contributed by atoms with Gasteiger partial charge in [-0.3, -0.25) is 19.8 Å². The van der Waals surface area contributed by atoms with Crippen LogP contribution in [-0.4, -0.2) is 57.1 Å². The molecule has 0 aliphatic carbocycles. The molecule has 1 amide bonds. The Balaban J connectivity index is 1.33.